The minimum absolute atomic E-state index is 0. The molecule has 3 heteroatoms. The second kappa shape index (κ2) is 5.65. The quantitative estimate of drug-likeness (QED) is 0.621. The first-order valence-electron chi connectivity index (χ1n) is 5.83. The molecule has 1 rings (SSSR count). The summed E-state index contributed by atoms with van der Waals surface area (Å²) in [6.45, 7) is 12.0. The zero-order valence-electron chi connectivity index (χ0n) is 12.5. The van der Waals surface area contributed by atoms with Crippen LogP contribution in [0.2, 0.25) is 0 Å². The van der Waals surface area contributed by atoms with E-state index in [4.69, 9.17) is 5.26 Å². The van der Waals surface area contributed by atoms with E-state index in [-0.39, 0.29) is 46.1 Å². The third kappa shape index (κ3) is 3.75. The molecule has 1 aromatic carbocycles. The van der Waals surface area contributed by atoms with Gasteiger partial charge in [-0.3, -0.25) is 0 Å². The molecule has 0 unspecified atom stereocenters. The van der Waals surface area contributed by atoms with Crippen LogP contribution in [0.15, 0.2) is 12.1 Å². The Kier molecular flexibility index (Phi) is 5.50. The first-order valence-corrected chi connectivity index (χ1v) is 5.83. The van der Waals surface area contributed by atoms with Crippen molar-refractivity contribution in [1.82, 2.24) is 0 Å². The standard InChI is InChI=1S/C15H21NO.Na/c1-14(2,3)11-7-10(9-16)8-12(13(11)17)15(4,5)6;/h7-8,17H,1-6H3;/q;+1/p-1. The molecule has 92 valence electrons. The van der Waals surface area contributed by atoms with Crippen LogP contribution in [0.1, 0.15) is 58.2 Å². The van der Waals surface area contributed by atoms with Crippen LogP contribution in [0.25, 0.3) is 0 Å². The largest absolute Gasteiger partial charge is 1.00 e. The van der Waals surface area contributed by atoms with Gasteiger partial charge >= 0.3 is 29.6 Å². The van der Waals surface area contributed by atoms with E-state index in [0.717, 1.165) is 11.1 Å². The predicted molar refractivity (Wildman–Crippen MR) is 68.0 cm³/mol. The van der Waals surface area contributed by atoms with Gasteiger partial charge in [-0.1, -0.05) is 41.5 Å². The summed E-state index contributed by atoms with van der Waals surface area (Å²) in [5, 5.41) is 21.5. The average Bonchev–Trinajstić information content (AvgIpc) is 2.14. The Labute approximate surface area is 132 Å². The molecule has 0 atom stereocenters. The number of rotatable bonds is 0. The summed E-state index contributed by atoms with van der Waals surface area (Å²) >= 11 is 0. The van der Waals surface area contributed by atoms with E-state index >= 15 is 0 Å². The van der Waals surface area contributed by atoms with Gasteiger partial charge in [-0.15, -0.1) is 5.75 Å². The van der Waals surface area contributed by atoms with Crippen molar-refractivity contribution in [2.45, 2.75) is 52.4 Å². The number of benzene rings is 1. The summed E-state index contributed by atoms with van der Waals surface area (Å²) in [7, 11) is 0. The van der Waals surface area contributed by atoms with Crippen molar-refractivity contribution in [1.29, 1.82) is 5.26 Å². The second-order valence-electron chi connectivity index (χ2n) is 6.51. The maximum Gasteiger partial charge on any atom is 1.00 e. The summed E-state index contributed by atoms with van der Waals surface area (Å²) in [4.78, 5) is 0. The van der Waals surface area contributed by atoms with Gasteiger partial charge in [-0.2, -0.15) is 5.26 Å². The summed E-state index contributed by atoms with van der Waals surface area (Å²) in [6, 6.07) is 5.58. The van der Waals surface area contributed by atoms with Crippen molar-refractivity contribution in [3.63, 3.8) is 0 Å². The van der Waals surface area contributed by atoms with Gasteiger partial charge in [-0.25, -0.2) is 0 Å². The van der Waals surface area contributed by atoms with Crippen molar-refractivity contribution in [3.8, 4) is 11.8 Å². The van der Waals surface area contributed by atoms with E-state index in [2.05, 4.69) is 6.07 Å². The molecule has 0 aliphatic rings. The summed E-state index contributed by atoms with van der Waals surface area (Å²) < 4.78 is 0. The van der Waals surface area contributed by atoms with Crippen molar-refractivity contribution < 1.29 is 34.7 Å². The Morgan fingerprint density at radius 1 is 0.944 bits per heavy atom. The van der Waals surface area contributed by atoms with Crippen LogP contribution in [-0.4, -0.2) is 0 Å². The SMILES string of the molecule is CC(C)(C)c1cc(C#N)cc(C(C)(C)C)c1[O-].[Na+]. The molecule has 0 radical (unpaired) electrons. The minimum Gasteiger partial charge on any atom is -0.872 e. The van der Waals surface area contributed by atoms with Gasteiger partial charge in [-0.05, 0) is 34.1 Å². The molecule has 0 amide bonds. The first kappa shape index (κ1) is 17.5. The smallest absolute Gasteiger partial charge is 0.872 e. The van der Waals surface area contributed by atoms with Crippen molar-refractivity contribution in [2.24, 2.45) is 0 Å². The van der Waals surface area contributed by atoms with Crippen LogP contribution >= 0.6 is 0 Å². The predicted octanol–water partition coefficient (Wildman–Crippen LogP) is 0.231. The van der Waals surface area contributed by atoms with Gasteiger partial charge in [0.1, 0.15) is 0 Å². The number of hydrogen-bond donors (Lipinski definition) is 0. The topological polar surface area (TPSA) is 46.8 Å². The zero-order chi connectivity index (χ0) is 13.4. The molecule has 0 bridgehead atoms. The van der Waals surface area contributed by atoms with Gasteiger partial charge in [0.05, 0.1) is 11.6 Å². The molecule has 0 aliphatic carbocycles. The molecule has 2 nitrogen and oxygen atoms in total. The van der Waals surface area contributed by atoms with Gasteiger partial charge in [0, 0.05) is 0 Å². The van der Waals surface area contributed by atoms with Crippen LogP contribution in [0.5, 0.6) is 5.75 Å². The Balaban J connectivity index is 0.00000289. The molecular formula is C15H20NNaO. The maximum absolute atomic E-state index is 12.4. The number of nitriles is 1. The molecule has 0 fully saturated rings. The number of nitrogens with zero attached hydrogens (tertiary/aromatic N) is 1. The van der Waals surface area contributed by atoms with E-state index in [9.17, 15) is 5.11 Å². The normalized spacial score (nSPS) is 11.6. The molecule has 0 heterocycles. The second-order valence-corrected chi connectivity index (χ2v) is 6.51. The van der Waals surface area contributed by atoms with Crippen molar-refractivity contribution >= 4 is 0 Å². The molecule has 0 saturated carbocycles. The Hall–Kier alpha value is -0.490. The van der Waals surface area contributed by atoms with Crippen molar-refractivity contribution in [3.05, 3.63) is 28.8 Å². The fourth-order valence-corrected chi connectivity index (χ4v) is 1.81. The summed E-state index contributed by atoms with van der Waals surface area (Å²) in [5.41, 5.74) is 1.55. The van der Waals surface area contributed by atoms with Crippen LogP contribution in [0.3, 0.4) is 0 Å². The summed E-state index contributed by atoms with van der Waals surface area (Å²) in [5.74, 6) is 0.0731. The monoisotopic (exact) mass is 253 g/mol. The number of hydrogen-bond acceptors (Lipinski definition) is 2. The molecule has 1 aromatic rings. The Morgan fingerprint density at radius 2 is 1.28 bits per heavy atom. The van der Waals surface area contributed by atoms with Crippen LogP contribution in [-0.2, 0) is 10.8 Å². The van der Waals surface area contributed by atoms with Crippen LogP contribution < -0.4 is 34.7 Å². The van der Waals surface area contributed by atoms with E-state index in [1.54, 1.807) is 12.1 Å². The minimum atomic E-state index is -0.232. The van der Waals surface area contributed by atoms with Crippen LogP contribution in [0, 0.1) is 11.3 Å². The molecule has 0 N–H and O–H groups in total. The van der Waals surface area contributed by atoms with Gasteiger partial charge in [0.25, 0.3) is 0 Å². The maximum atomic E-state index is 12.4. The van der Waals surface area contributed by atoms with Crippen LogP contribution in [0.4, 0.5) is 0 Å². The molecule has 18 heavy (non-hydrogen) atoms. The van der Waals surface area contributed by atoms with E-state index in [0.29, 0.717) is 5.56 Å². The zero-order valence-corrected chi connectivity index (χ0v) is 14.5. The first-order chi connectivity index (χ1) is 7.57. The molecule has 0 saturated heterocycles. The molecule has 0 aliphatic heterocycles. The third-order valence-electron chi connectivity index (χ3n) is 2.83. The average molecular weight is 253 g/mol. The van der Waals surface area contributed by atoms with Crippen molar-refractivity contribution in [2.75, 3.05) is 0 Å². The fourth-order valence-electron chi connectivity index (χ4n) is 1.81. The van der Waals surface area contributed by atoms with E-state index < -0.39 is 0 Å². The fraction of sp³-hybridized carbons (Fsp3) is 0.533. The van der Waals surface area contributed by atoms with E-state index in [1.807, 2.05) is 41.5 Å². The van der Waals surface area contributed by atoms with Gasteiger partial charge in [0.15, 0.2) is 0 Å². The third-order valence-corrected chi connectivity index (χ3v) is 2.83. The van der Waals surface area contributed by atoms with Gasteiger partial charge < -0.3 is 5.11 Å². The Bertz CT molecular complexity index is 438. The van der Waals surface area contributed by atoms with E-state index in [1.165, 1.54) is 0 Å². The molecule has 0 spiro atoms. The molecular weight excluding hydrogens is 233 g/mol. The summed E-state index contributed by atoms with van der Waals surface area (Å²) in [6.07, 6.45) is 0. The molecule has 0 aromatic heterocycles. The Morgan fingerprint density at radius 3 is 1.50 bits per heavy atom. The van der Waals surface area contributed by atoms with Gasteiger partial charge in [0.2, 0.25) is 0 Å².